The molecule has 0 aromatic carbocycles. The van der Waals surface area contributed by atoms with Crippen LogP contribution in [0.1, 0.15) is 41.0 Å². The van der Waals surface area contributed by atoms with E-state index in [4.69, 9.17) is 0 Å². The van der Waals surface area contributed by atoms with Gasteiger partial charge in [0.05, 0.1) is 17.8 Å². The van der Waals surface area contributed by atoms with E-state index in [9.17, 15) is 15.3 Å². The molecule has 0 amide bonds. The first kappa shape index (κ1) is 12.9. The van der Waals surface area contributed by atoms with Crippen LogP contribution in [0.5, 0.6) is 0 Å². The summed E-state index contributed by atoms with van der Waals surface area (Å²) in [5, 5.41) is 28.5. The average molecular weight is 190 g/mol. The third-order valence-corrected chi connectivity index (χ3v) is 2.15. The second-order valence-corrected chi connectivity index (χ2v) is 5.16. The zero-order valence-electron chi connectivity index (χ0n) is 9.20. The van der Waals surface area contributed by atoms with Crippen LogP contribution in [-0.4, -0.2) is 33.1 Å². The van der Waals surface area contributed by atoms with Gasteiger partial charge < -0.3 is 15.3 Å². The Bertz CT molecular complexity index is 156. The van der Waals surface area contributed by atoms with E-state index < -0.39 is 23.2 Å². The molecule has 0 aromatic rings. The molecule has 0 spiro atoms. The molecule has 80 valence electrons. The molecule has 0 saturated carbocycles. The van der Waals surface area contributed by atoms with Gasteiger partial charge in [0.25, 0.3) is 0 Å². The lowest BCUT2D eigenvalue weighted by Gasteiger charge is -2.36. The lowest BCUT2D eigenvalue weighted by Crippen LogP contribution is -2.42. The fraction of sp³-hybridized carbons (Fsp3) is 1.00. The van der Waals surface area contributed by atoms with Crippen LogP contribution >= 0.6 is 0 Å². The Morgan fingerprint density at radius 1 is 1.08 bits per heavy atom. The molecule has 0 bridgehead atoms. The van der Waals surface area contributed by atoms with Gasteiger partial charge in [-0.1, -0.05) is 13.8 Å². The van der Waals surface area contributed by atoms with Gasteiger partial charge in [0.1, 0.15) is 0 Å². The van der Waals surface area contributed by atoms with Gasteiger partial charge in [-0.05, 0) is 32.6 Å². The summed E-state index contributed by atoms with van der Waals surface area (Å²) in [5.74, 6) is 0. The molecule has 0 aliphatic rings. The van der Waals surface area contributed by atoms with E-state index in [0.717, 1.165) is 0 Å². The minimum Gasteiger partial charge on any atom is -0.391 e. The molecule has 2 unspecified atom stereocenters. The van der Waals surface area contributed by atoms with Gasteiger partial charge in [0.2, 0.25) is 0 Å². The fourth-order valence-corrected chi connectivity index (χ4v) is 1.87. The number of aliphatic hydroxyl groups is 3. The zero-order chi connectivity index (χ0) is 10.9. The summed E-state index contributed by atoms with van der Waals surface area (Å²) in [6.45, 7) is 8.62. The molecule has 0 fully saturated rings. The molecule has 3 heteroatoms. The first-order valence-electron chi connectivity index (χ1n) is 4.65. The van der Waals surface area contributed by atoms with E-state index >= 15 is 0 Å². The van der Waals surface area contributed by atoms with Crippen LogP contribution in [0, 0.1) is 5.41 Å². The molecular weight excluding hydrogens is 168 g/mol. The molecule has 3 nitrogen and oxygen atoms in total. The summed E-state index contributed by atoms with van der Waals surface area (Å²) in [6.07, 6.45) is -1.12. The van der Waals surface area contributed by atoms with Gasteiger partial charge in [0.15, 0.2) is 0 Å². The highest BCUT2D eigenvalue weighted by molar-refractivity contribution is 4.86. The third kappa shape index (κ3) is 4.60. The van der Waals surface area contributed by atoms with Crippen molar-refractivity contribution in [1.29, 1.82) is 0 Å². The fourth-order valence-electron chi connectivity index (χ4n) is 1.87. The van der Waals surface area contributed by atoms with Crippen molar-refractivity contribution in [2.45, 2.75) is 58.8 Å². The quantitative estimate of drug-likeness (QED) is 0.617. The van der Waals surface area contributed by atoms with Crippen LogP contribution in [0.3, 0.4) is 0 Å². The maximum atomic E-state index is 9.66. The normalized spacial score (nSPS) is 18.5. The minimum absolute atomic E-state index is 0.450. The smallest absolute Gasteiger partial charge is 0.0848 e. The topological polar surface area (TPSA) is 60.7 Å². The first-order valence-corrected chi connectivity index (χ1v) is 4.65. The maximum Gasteiger partial charge on any atom is 0.0848 e. The molecule has 0 heterocycles. The summed E-state index contributed by atoms with van der Waals surface area (Å²) in [4.78, 5) is 0. The molecule has 0 saturated heterocycles. The molecular formula is C10H22O3. The third-order valence-electron chi connectivity index (χ3n) is 2.15. The second kappa shape index (κ2) is 3.95. The zero-order valence-corrected chi connectivity index (χ0v) is 9.20. The lowest BCUT2D eigenvalue weighted by atomic mass is 9.76. The van der Waals surface area contributed by atoms with Crippen molar-refractivity contribution in [2.75, 3.05) is 0 Å². The van der Waals surface area contributed by atoms with Crippen molar-refractivity contribution < 1.29 is 15.3 Å². The van der Waals surface area contributed by atoms with E-state index in [-0.39, 0.29) is 0 Å². The molecule has 0 aromatic heterocycles. The van der Waals surface area contributed by atoms with Crippen molar-refractivity contribution in [3.63, 3.8) is 0 Å². The van der Waals surface area contributed by atoms with Gasteiger partial charge in [-0.15, -0.1) is 0 Å². The molecule has 0 aliphatic heterocycles. The van der Waals surface area contributed by atoms with E-state index in [2.05, 4.69) is 0 Å². The Balaban J connectivity index is 4.39. The number of rotatable bonds is 4. The second-order valence-electron chi connectivity index (χ2n) is 5.16. The van der Waals surface area contributed by atoms with Gasteiger partial charge in [-0.3, -0.25) is 0 Å². The summed E-state index contributed by atoms with van der Waals surface area (Å²) < 4.78 is 0. The van der Waals surface area contributed by atoms with E-state index in [1.54, 1.807) is 20.8 Å². The van der Waals surface area contributed by atoms with Crippen molar-refractivity contribution in [1.82, 2.24) is 0 Å². The van der Waals surface area contributed by atoms with Gasteiger partial charge in [-0.2, -0.15) is 0 Å². The molecule has 2 atom stereocenters. The first-order chi connectivity index (χ1) is 5.56. The average Bonchev–Trinajstić information content (AvgIpc) is 1.80. The summed E-state index contributed by atoms with van der Waals surface area (Å²) in [7, 11) is 0. The van der Waals surface area contributed by atoms with Crippen molar-refractivity contribution >= 4 is 0 Å². The Morgan fingerprint density at radius 2 is 1.46 bits per heavy atom. The van der Waals surface area contributed by atoms with Crippen LogP contribution in [0.2, 0.25) is 0 Å². The molecule has 0 radical (unpaired) electrons. The highest BCUT2D eigenvalue weighted by Crippen LogP contribution is 2.32. The van der Waals surface area contributed by atoms with Gasteiger partial charge >= 0.3 is 0 Å². The highest BCUT2D eigenvalue weighted by atomic mass is 16.3. The predicted octanol–water partition coefficient (Wildman–Crippen LogP) is 0.915. The summed E-state index contributed by atoms with van der Waals surface area (Å²) in [5.41, 5.74) is -1.30. The van der Waals surface area contributed by atoms with Crippen LogP contribution in [0.15, 0.2) is 0 Å². The summed E-state index contributed by atoms with van der Waals surface area (Å²) in [6, 6.07) is 0. The SMILES string of the molecule is CC(O)C(O)C(C)(C)CC(C)(C)O. The van der Waals surface area contributed by atoms with Gasteiger partial charge in [-0.25, -0.2) is 0 Å². The number of hydrogen-bond donors (Lipinski definition) is 3. The maximum absolute atomic E-state index is 9.66. The number of aliphatic hydroxyl groups excluding tert-OH is 2. The largest absolute Gasteiger partial charge is 0.391 e. The molecule has 3 N–H and O–H groups in total. The van der Waals surface area contributed by atoms with E-state index in [1.807, 2.05) is 13.8 Å². The standard InChI is InChI=1S/C10H22O3/c1-7(11)8(12)9(2,3)6-10(4,5)13/h7-8,11-13H,6H2,1-5H3. The lowest BCUT2D eigenvalue weighted by molar-refractivity contribution is -0.0762. The van der Waals surface area contributed by atoms with Crippen molar-refractivity contribution in [3.8, 4) is 0 Å². The van der Waals surface area contributed by atoms with Crippen LogP contribution < -0.4 is 0 Å². The Labute approximate surface area is 80.4 Å². The Kier molecular flexibility index (Phi) is 3.91. The number of hydrogen-bond acceptors (Lipinski definition) is 3. The highest BCUT2D eigenvalue weighted by Gasteiger charge is 2.35. The molecule has 0 rings (SSSR count). The predicted molar refractivity (Wildman–Crippen MR) is 52.4 cm³/mol. The Hall–Kier alpha value is -0.120. The summed E-state index contributed by atoms with van der Waals surface area (Å²) >= 11 is 0. The van der Waals surface area contributed by atoms with Crippen LogP contribution in [0.25, 0.3) is 0 Å². The van der Waals surface area contributed by atoms with E-state index in [0.29, 0.717) is 6.42 Å². The van der Waals surface area contributed by atoms with Gasteiger partial charge in [0, 0.05) is 0 Å². The van der Waals surface area contributed by atoms with Crippen molar-refractivity contribution in [2.24, 2.45) is 5.41 Å². The molecule has 13 heavy (non-hydrogen) atoms. The minimum atomic E-state index is -0.820. The Morgan fingerprint density at radius 3 is 1.69 bits per heavy atom. The molecule has 0 aliphatic carbocycles. The van der Waals surface area contributed by atoms with E-state index in [1.165, 1.54) is 0 Å². The monoisotopic (exact) mass is 190 g/mol. The van der Waals surface area contributed by atoms with Crippen LogP contribution in [0.4, 0.5) is 0 Å². The van der Waals surface area contributed by atoms with Crippen LogP contribution in [-0.2, 0) is 0 Å². The van der Waals surface area contributed by atoms with Crippen molar-refractivity contribution in [3.05, 3.63) is 0 Å².